The fourth-order valence-electron chi connectivity index (χ4n) is 4.08. The average Bonchev–Trinajstić information content (AvgIpc) is 3.19. The summed E-state index contributed by atoms with van der Waals surface area (Å²) >= 11 is 7.55. The quantitative estimate of drug-likeness (QED) is 0.451. The van der Waals surface area contributed by atoms with Crippen molar-refractivity contribution in [2.75, 3.05) is 61.8 Å². The maximum Gasteiger partial charge on any atom is 0.420 e. The molecule has 1 fully saturated rings. The molecule has 36 heavy (non-hydrogen) atoms. The number of fused-ring (bicyclic) bond motifs is 1. The molecule has 4 heterocycles. The van der Waals surface area contributed by atoms with Crippen LogP contribution in [0.25, 0.3) is 10.6 Å². The van der Waals surface area contributed by atoms with Gasteiger partial charge in [0.05, 0.1) is 26.8 Å². The highest BCUT2D eigenvalue weighted by Crippen LogP contribution is 2.42. The Bertz CT molecular complexity index is 1290. The molecule has 1 aromatic carbocycles. The average molecular weight is 538 g/mol. The van der Waals surface area contributed by atoms with Gasteiger partial charge in [-0.15, -0.1) is 11.3 Å². The molecule has 0 spiro atoms. The Morgan fingerprint density at radius 1 is 1.11 bits per heavy atom. The zero-order valence-corrected chi connectivity index (χ0v) is 20.8. The van der Waals surface area contributed by atoms with Crippen molar-refractivity contribution >= 4 is 51.2 Å². The number of nitrogens with one attached hydrogen (secondary N) is 3. The predicted octanol–water partition coefficient (Wildman–Crippen LogP) is 4.53. The highest BCUT2D eigenvalue weighted by atomic mass is 35.5. The second kappa shape index (κ2) is 9.75. The highest BCUT2D eigenvalue weighted by Gasteiger charge is 2.36. The molecule has 2 aliphatic rings. The molecule has 3 aromatic rings. The van der Waals surface area contributed by atoms with Crippen molar-refractivity contribution < 1.29 is 18.0 Å². The number of hydrogen-bond acceptors (Lipinski definition) is 8. The Morgan fingerprint density at radius 3 is 2.58 bits per heavy atom. The van der Waals surface area contributed by atoms with Gasteiger partial charge in [0.1, 0.15) is 10.6 Å². The van der Waals surface area contributed by atoms with Gasteiger partial charge < -0.3 is 25.8 Å². The van der Waals surface area contributed by atoms with Crippen LogP contribution in [-0.2, 0) is 6.18 Å². The van der Waals surface area contributed by atoms with Crippen LogP contribution in [0, 0.1) is 0 Å². The first kappa shape index (κ1) is 24.6. The van der Waals surface area contributed by atoms with Crippen LogP contribution in [0.3, 0.4) is 0 Å². The summed E-state index contributed by atoms with van der Waals surface area (Å²) in [6.45, 7) is 4.56. The zero-order chi connectivity index (χ0) is 25.4. The van der Waals surface area contributed by atoms with Crippen LogP contribution >= 0.6 is 22.9 Å². The second-order valence-corrected chi connectivity index (χ2v) is 10.0. The predicted molar refractivity (Wildman–Crippen MR) is 136 cm³/mol. The smallest absolute Gasteiger partial charge is 0.374 e. The number of carbonyl (C=O) groups excluding carboxylic acids is 1. The number of hydrogen-bond donors (Lipinski definition) is 3. The van der Waals surface area contributed by atoms with Gasteiger partial charge in [-0.1, -0.05) is 11.6 Å². The molecule has 8 nitrogen and oxygen atoms in total. The number of anilines is 4. The van der Waals surface area contributed by atoms with Gasteiger partial charge in [0.15, 0.2) is 0 Å². The lowest BCUT2D eigenvalue weighted by Crippen LogP contribution is -2.44. The number of likely N-dealkylation sites (N-methyl/N-ethyl adjacent to an activating group) is 1. The number of nitrogens with zero attached hydrogens (tertiary/aromatic N) is 4. The lowest BCUT2D eigenvalue weighted by atomic mass is 10.1. The van der Waals surface area contributed by atoms with Gasteiger partial charge in [0.25, 0.3) is 5.91 Å². The van der Waals surface area contributed by atoms with Gasteiger partial charge in [-0.3, -0.25) is 4.79 Å². The molecule has 1 amide bonds. The van der Waals surface area contributed by atoms with E-state index >= 15 is 0 Å². The minimum atomic E-state index is -4.67. The third kappa shape index (κ3) is 5.06. The Morgan fingerprint density at radius 2 is 1.86 bits per heavy atom. The normalized spacial score (nSPS) is 16.7. The zero-order valence-electron chi connectivity index (χ0n) is 19.2. The summed E-state index contributed by atoms with van der Waals surface area (Å²) in [5.74, 6) is -0.376. The molecular weight excluding hydrogens is 515 g/mol. The molecule has 190 valence electrons. The molecule has 3 N–H and O–H groups in total. The first-order valence-corrected chi connectivity index (χ1v) is 12.5. The van der Waals surface area contributed by atoms with E-state index in [0.29, 0.717) is 28.8 Å². The van der Waals surface area contributed by atoms with Crippen LogP contribution in [-0.4, -0.2) is 67.1 Å². The number of amides is 1. The van der Waals surface area contributed by atoms with Gasteiger partial charge >= 0.3 is 6.18 Å². The van der Waals surface area contributed by atoms with Gasteiger partial charge in [0, 0.05) is 51.2 Å². The van der Waals surface area contributed by atoms with Crippen LogP contribution in [0.15, 0.2) is 30.5 Å². The summed E-state index contributed by atoms with van der Waals surface area (Å²) in [7, 11) is 2.08. The lowest BCUT2D eigenvalue weighted by Gasteiger charge is -2.34. The van der Waals surface area contributed by atoms with E-state index in [-0.39, 0.29) is 28.0 Å². The molecule has 0 unspecified atom stereocenters. The monoisotopic (exact) mass is 537 g/mol. The summed E-state index contributed by atoms with van der Waals surface area (Å²) < 4.78 is 41.4. The van der Waals surface area contributed by atoms with Crippen LogP contribution in [0.1, 0.15) is 15.9 Å². The topological polar surface area (TPSA) is 85.4 Å². The fourth-order valence-corrected chi connectivity index (χ4v) is 5.39. The molecule has 0 saturated carbocycles. The summed E-state index contributed by atoms with van der Waals surface area (Å²) in [4.78, 5) is 25.1. The van der Waals surface area contributed by atoms with Crippen molar-refractivity contribution in [3.8, 4) is 10.6 Å². The number of benzene rings is 1. The minimum absolute atomic E-state index is 0.0340. The van der Waals surface area contributed by atoms with Crippen LogP contribution in [0.4, 0.5) is 35.5 Å². The van der Waals surface area contributed by atoms with Gasteiger partial charge in [-0.2, -0.15) is 13.2 Å². The number of alkyl halides is 3. The van der Waals surface area contributed by atoms with E-state index in [2.05, 4.69) is 42.8 Å². The van der Waals surface area contributed by atoms with E-state index < -0.39 is 11.7 Å². The summed E-state index contributed by atoms with van der Waals surface area (Å²) in [5, 5.41) is 9.63. The van der Waals surface area contributed by atoms with E-state index in [1.807, 2.05) is 12.1 Å². The molecule has 13 heteroatoms. The highest BCUT2D eigenvalue weighted by molar-refractivity contribution is 7.19. The largest absolute Gasteiger partial charge is 0.420 e. The van der Waals surface area contributed by atoms with Gasteiger partial charge in [-0.05, 0) is 31.3 Å². The third-order valence-electron chi connectivity index (χ3n) is 6.07. The number of piperazine rings is 1. The molecule has 0 aliphatic carbocycles. The number of thiophene rings is 1. The van der Waals surface area contributed by atoms with Crippen LogP contribution in [0.2, 0.25) is 5.02 Å². The van der Waals surface area contributed by atoms with E-state index in [4.69, 9.17) is 11.6 Å². The van der Waals surface area contributed by atoms with Gasteiger partial charge in [-0.25, -0.2) is 9.97 Å². The Kier molecular flexibility index (Phi) is 6.66. The standard InChI is InChI=1S/C23H23ClF3N7OS/c1-33-6-8-34(9-7-33)13-2-3-17(16(24)10-13)31-22-30-12-15(23(25,26)27)19(32-22)18-11-14-20(35)28-4-5-29-21(14)36-18/h2-3,10-12,29H,4-9H2,1H3,(H,28,35)(H,30,31,32). The van der Waals surface area contributed by atoms with Crippen molar-refractivity contribution in [2.45, 2.75) is 6.18 Å². The first-order valence-electron chi connectivity index (χ1n) is 11.3. The first-order chi connectivity index (χ1) is 17.2. The van der Waals surface area contributed by atoms with Crippen LogP contribution in [0.5, 0.6) is 0 Å². The SMILES string of the molecule is CN1CCN(c2ccc(Nc3ncc(C(F)(F)F)c(-c4cc5c(s4)NCCNC5=O)n3)c(Cl)c2)CC1. The molecule has 0 bridgehead atoms. The van der Waals surface area contributed by atoms with Gasteiger partial charge in [0.2, 0.25) is 5.95 Å². The minimum Gasteiger partial charge on any atom is -0.374 e. The second-order valence-electron chi connectivity index (χ2n) is 8.57. The summed E-state index contributed by atoms with van der Waals surface area (Å²) in [5.41, 5.74) is 0.442. The van der Waals surface area contributed by atoms with E-state index in [1.54, 1.807) is 6.07 Å². The third-order valence-corrected chi connectivity index (χ3v) is 7.48. The van der Waals surface area contributed by atoms with Crippen molar-refractivity contribution in [3.05, 3.63) is 46.6 Å². The maximum atomic E-state index is 13.8. The van der Waals surface area contributed by atoms with Crippen molar-refractivity contribution in [3.63, 3.8) is 0 Å². The van der Waals surface area contributed by atoms with Crippen molar-refractivity contribution in [1.29, 1.82) is 0 Å². The van der Waals surface area contributed by atoms with E-state index in [9.17, 15) is 18.0 Å². The molecule has 1 saturated heterocycles. The molecular formula is C23H23ClF3N7OS. The molecule has 0 atom stereocenters. The summed E-state index contributed by atoms with van der Waals surface area (Å²) in [6.07, 6.45) is -3.93. The lowest BCUT2D eigenvalue weighted by molar-refractivity contribution is -0.137. The number of rotatable bonds is 4. The molecule has 5 rings (SSSR count). The Hall–Kier alpha value is -3.09. The number of halogens is 4. The van der Waals surface area contributed by atoms with Crippen LogP contribution < -0.4 is 20.9 Å². The maximum absolute atomic E-state index is 13.8. The fraction of sp³-hybridized carbons (Fsp3) is 0.348. The van der Waals surface area contributed by atoms with E-state index in [1.165, 1.54) is 6.07 Å². The Labute approximate surface area is 214 Å². The summed E-state index contributed by atoms with van der Waals surface area (Å²) in [6, 6.07) is 6.91. The number of carbonyl (C=O) groups is 1. The van der Waals surface area contributed by atoms with Crippen molar-refractivity contribution in [2.24, 2.45) is 0 Å². The molecule has 0 radical (unpaired) electrons. The van der Waals surface area contributed by atoms with E-state index in [0.717, 1.165) is 49.4 Å². The van der Waals surface area contributed by atoms with Crippen molar-refractivity contribution in [1.82, 2.24) is 20.2 Å². The Balaban J connectivity index is 1.45. The number of aromatic nitrogens is 2. The molecule has 2 aliphatic heterocycles. The molecule has 2 aromatic heterocycles.